The molecule has 1 aliphatic rings. The molecule has 7 nitrogen and oxygen atoms in total. The normalized spacial score (nSPS) is 15.2. The van der Waals surface area contributed by atoms with E-state index in [1.807, 2.05) is 39.2 Å². The number of nitriles is 1. The summed E-state index contributed by atoms with van der Waals surface area (Å²) in [6.45, 7) is 3.97. The Labute approximate surface area is 175 Å². The van der Waals surface area contributed by atoms with E-state index in [1.165, 1.54) is 6.21 Å². The third-order valence-corrected chi connectivity index (χ3v) is 5.57. The van der Waals surface area contributed by atoms with Gasteiger partial charge in [0.2, 0.25) is 0 Å². The molecule has 0 saturated heterocycles. The van der Waals surface area contributed by atoms with E-state index < -0.39 is 0 Å². The molecule has 0 spiro atoms. The number of hydrogen-bond donors (Lipinski definition) is 2. The number of anilines is 2. The Balaban J connectivity index is 1.67. The molecule has 0 amide bonds. The van der Waals surface area contributed by atoms with Gasteiger partial charge in [-0.15, -0.1) is 0 Å². The van der Waals surface area contributed by atoms with E-state index in [0.717, 1.165) is 64.3 Å². The predicted octanol–water partition coefficient (Wildman–Crippen LogP) is 4.50. The molecule has 0 aliphatic heterocycles. The number of rotatable bonds is 5. The van der Waals surface area contributed by atoms with Crippen molar-refractivity contribution in [2.24, 2.45) is 7.05 Å². The van der Waals surface area contributed by atoms with Gasteiger partial charge in [-0.3, -0.25) is 9.67 Å². The van der Waals surface area contributed by atoms with Crippen molar-refractivity contribution in [2.75, 3.05) is 5.32 Å². The Hall–Kier alpha value is -3.66. The Kier molecular flexibility index (Phi) is 5.23. The van der Waals surface area contributed by atoms with Crippen LogP contribution in [-0.2, 0) is 13.5 Å². The van der Waals surface area contributed by atoms with Crippen LogP contribution in [0.5, 0.6) is 5.75 Å². The fourth-order valence-electron chi connectivity index (χ4n) is 3.94. The predicted molar refractivity (Wildman–Crippen MR) is 116 cm³/mol. The van der Waals surface area contributed by atoms with Crippen LogP contribution in [0.15, 0.2) is 30.7 Å². The van der Waals surface area contributed by atoms with E-state index in [2.05, 4.69) is 21.5 Å². The first-order chi connectivity index (χ1) is 14.5. The van der Waals surface area contributed by atoms with Crippen molar-refractivity contribution in [3.63, 3.8) is 0 Å². The van der Waals surface area contributed by atoms with Crippen molar-refractivity contribution < 1.29 is 4.74 Å². The molecular formula is C23H24N6O. The molecule has 2 N–H and O–H groups in total. The van der Waals surface area contributed by atoms with Crippen LogP contribution in [0.25, 0.3) is 0 Å². The van der Waals surface area contributed by atoms with Crippen molar-refractivity contribution in [2.45, 2.75) is 39.2 Å². The van der Waals surface area contributed by atoms with E-state index in [4.69, 9.17) is 10.1 Å². The van der Waals surface area contributed by atoms with Crippen molar-refractivity contribution in [1.82, 2.24) is 14.8 Å². The topological polar surface area (TPSA) is 99.6 Å². The summed E-state index contributed by atoms with van der Waals surface area (Å²) in [7, 11) is 1.86. The van der Waals surface area contributed by atoms with E-state index in [0.29, 0.717) is 5.56 Å². The first-order valence-electron chi connectivity index (χ1n) is 9.96. The van der Waals surface area contributed by atoms with E-state index in [1.54, 1.807) is 17.1 Å². The van der Waals surface area contributed by atoms with Crippen LogP contribution in [0.1, 0.15) is 52.5 Å². The number of hydrogen-bond acceptors (Lipinski definition) is 6. The highest BCUT2D eigenvalue weighted by atomic mass is 16.5. The number of aromatic nitrogens is 3. The lowest BCUT2D eigenvalue weighted by molar-refractivity contribution is 0.177. The van der Waals surface area contributed by atoms with Gasteiger partial charge in [0.15, 0.2) is 0 Å². The first-order valence-corrected chi connectivity index (χ1v) is 9.96. The zero-order valence-electron chi connectivity index (χ0n) is 17.4. The number of pyridine rings is 1. The molecule has 0 radical (unpaired) electrons. The average Bonchev–Trinajstić information content (AvgIpc) is 3.15. The number of aryl methyl sites for hydroxylation is 2. The van der Waals surface area contributed by atoms with Gasteiger partial charge in [0.1, 0.15) is 17.9 Å². The number of ether oxygens (including phenoxy) is 1. The lowest BCUT2D eigenvalue weighted by Crippen LogP contribution is -2.19. The Bertz CT molecular complexity index is 1160. The van der Waals surface area contributed by atoms with Gasteiger partial charge < -0.3 is 15.5 Å². The average molecular weight is 400 g/mol. The first kappa shape index (κ1) is 19.6. The minimum Gasteiger partial charge on any atom is -0.484 e. The molecule has 2 heterocycles. The third-order valence-electron chi connectivity index (χ3n) is 5.57. The van der Waals surface area contributed by atoms with E-state index in [9.17, 15) is 5.26 Å². The molecule has 4 rings (SSSR count). The van der Waals surface area contributed by atoms with Gasteiger partial charge in [-0.25, -0.2) is 0 Å². The van der Waals surface area contributed by atoms with Crippen LogP contribution >= 0.6 is 0 Å². The standard InChI is InChI=1S/C23H24N6O/c1-14-7-16(9-24)20(28-18-12-27-29(3)13-18)8-22(14)30-21-6-4-5-19-15(2)17(10-25)11-26-23(19)21/h7-9,11-13,21,24,28H,4-6H2,1-3H3/t21-/m1/s1. The van der Waals surface area contributed by atoms with Gasteiger partial charge in [0.05, 0.1) is 28.8 Å². The van der Waals surface area contributed by atoms with Gasteiger partial charge in [0.25, 0.3) is 0 Å². The van der Waals surface area contributed by atoms with Gasteiger partial charge in [-0.1, -0.05) is 0 Å². The molecule has 1 atom stereocenters. The molecule has 3 aromatic rings. The number of nitrogens with one attached hydrogen (secondary N) is 2. The van der Waals surface area contributed by atoms with Gasteiger partial charge in [-0.05, 0) is 55.9 Å². The maximum Gasteiger partial charge on any atom is 0.141 e. The summed E-state index contributed by atoms with van der Waals surface area (Å²) in [6.07, 6.45) is 9.24. The Morgan fingerprint density at radius 2 is 2.17 bits per heavy atom. The quantitative estimate of drug-likeness (QED) is 0.614. The highest BCUT2D eigenvalue weighted by molar-refractivity contribution is 5.88. The SMILES string of the molecule is Cc1cc(C=N)c(Nc2cnn(C)c2)cc1O[C@@H]1CCCc2c1ncc(C#N)c2C. The Morgan fingerprint density at radius 3 is 2.87 bits per heavy atom. The molecule has 1 aromatic carbocycles. The molecule has 1 aliphatic carbocycles. The molecule has 152 valence electrons. The number of fused-ring (bicyclic) bond motifs is 1. The lowest BCUT2D eigenvalue weighted by Gasteiger charge is -2.27. The molecule has 30 heavy (non-hydrogen) atoms. The fourth-order valence-corrected chi connectivity index (χ4v) is 3.94. The molecule has 0 bridgehead atoms. The van der Waals surface area contributed by atoms with E-state index in [-0.39, 0.29) is 6.10 Å². The molecular weight excluding hydrogens is 376 g/mol. The second kappa shape index (κ2) is 7.99. The zero-order chi connectivity index (χ0) is 21.3. The minimum absolute atomic E-state index is 0.157. The fraction of sp³-hybridized carbons (Fsp3) is 0.304. The molecule has 0 saturated carbocycles. The summed E-state index contributed by atoms with van der Waals surface area (Å²) in [6, 6.07) is 6.11. The summed E-state index contributed by atoms with van der Waals surface area (Å²) in [5.41, 5.74) is 7.07. The minimum atomic E-state index is -0.157. The maximum absolute atomic E-state index is 9.31. The second-order valence-electron chi connectivity index (χ2n) is 7.65. The van der Waals surface area contributed by atoms with Crippen LogP contribution in [0.3, 0.4) is 0 Å². The highest BCUT2D eigenvalue weighted by Gasteiger charge is 2.26. The molecule has 0 fully saturated rings. The Morgan fingerprint density at radius 1 is 1.33 bits per heavy atom. The van der Waals surface area contributed by atoms with Gasteiger partial charge in [0, 0.05) is 37.3 Å². The monoisotopic (exact) mass is 400 g/mol. The smallest absolute Gasteiger partial charge is 0.141 e. The summed E-state index contributed by atoms with van der Waals surface area (Å²) in [5, 5.41) is 24.6. The molecule has 2 aromatic heterocycles. The second-order valence-corrected chi connectivity index (χ2v) is 7.65. The zero-order valence-corrected chi connectivity index (χ0v) is 17.4. The highest BCUT2D eigenvalue weighted by Crippen LogP contribution is 2.37. The van der Waals surface area contributed by atoms with Crippen molar-refractivity contribution in [3.05, 3.63) is 64.2 Å². The number of nitrogens with zero attached hydrogens (tertiary/aromatic N) is 4. The van der Waals surface area contributed by atoms with Crippen molar-refractivity contribution in [1.29, 1.82) is 10.7 Å². The van der Waals surface area contributed by atoms with Crippen LogP contribution in [0, 0.1) is 30.6 Å². The van der Waals surface area contributed by atoms with Crippen molar-refractivity contribution >= 4 is 17.6 Å². The van der Waals surface area contributed by atoms with E-state index >= 15 is 0 Å². The summed E-state index contributed by atoms with van der Waals surface area (Å²) in [4.78, 5) is 4.57. The van der Waals surface area contributed by atoms with Crippen molar-refractivity contribution in [3.8, 4) is 11.8 Å². The van der Waals surface area contributed by atoms with Crippen LogP contribution < -0.4 is 10.1 Å². The largest absolute Gasteiger partial charge is 0.484 e. The lowest BCUT2D eigenvalue weighted by atomic mass is 9.89. The maximum atomic E-state index is 9.31. The van der Waals surface area contributed by atoms with Crippen LogP contribution in [0.2, 0.25) is 0 Å². The van der Waals surface area contributed by atoms with Crippen LogP contribution in [0.4, 0.5) is 11.4 Å². The molecule has 7 heteroatoms. The van der Waals surface area contributed by atoms with Gasteiger partial charge in [-0.2, -0.15) is 10.4 Å². The van der Waals surface area contributed by atoms with Gasteiger partial charge >= 0.3 is 0 Å². The summed E-state index contributed by atoms with van der Waals surface area (Å²) < 4.78 is 8.17. The summed E-state index contributed by atoms with van der Waals surface area (Å²) >= 11 is 0. The number of benzene rings is 1. The van der Waals surface area contributed by atoms with Crippen LogP contribution in [-0.4, -0.2) is 21.0 Å². The summed E-state index contributed by atoms with van der Waals surface area (Å²) in [5.74, 6) is 0.758. The molecule has 0 unspecified atom stereocenters. The third kappa shape index (κ3) is 3.64.